The summed E-state index contributed by atoms with van der Waals surface area (Å²) in [6.07, 6.45) is 0. The largest absolute Gasteiger partial charge is 0.480 e. The maximum absolute atomic E-state index is 11.9. The molecule has 0 aliphatic carbocycles. The van der Waals surface area contributed by atoms with E-state index in [-0.39, 0.29) is 18.4 Å². The zero-order valence-corrected chi connectivity index (χ0v) is 10.4. The molecular formula is C11H21N3O3. The zero-order valence-electron chi connectivity index (χ0n) is 10.4. The van der Waals surface area contributed by atoms with Crippen LogP contribution >= 0.6 is 0 Å². The van der Waals surface area contributed by atoms with Crippen LogP contribution in [0.3, 0.4) is 0 Å². The molecule has 0 aromatic carbocycles. The minimum Gasteiger partial charge on any atom is -0.480 e. The van der Waals surface area contributed by atoms with E-state index in [9.17, 15) is 9.59 Å². The van der Waals surface area contributed by atoms with Crippen molar-refractivity contribution in [1.29, 1.82) is 0 Å². The summed E-state index contributed by atoms with van der Waals surface area (Å²) in [4.78, 5) is 26.0. The van der Waals surface area contributed by atoms with Gasteiger partial charge in [-0.05, 0) is 5.92 Å². The number of amides is 1. The van der Waals surface area contributed by atoms with Gasteiger partial charge in [-0.15, -0.1) is 0 Å². The molecule has 0 aromatic rings. The van der Waals surface area contributed by atoms with E-state index in [0.717, 1.165) is 0 Å². The molecule has 6 nitrogen and oxygen atoms in total. The number of carboxylic acid groups (broad SMARTS) is 1. The molecule has 6 heteroatoms. The van der Waals surface area contributed by atoms with Crippen molar-refractivity contribution in [1.82, 2.24) is 9.80 Å². The summed E-state index contributed by atoms with van der Waals surface area (Å²) in [5, 5.41) is 8.66. The maximum atomic E-state index is 11.9. The standard InChI is InChI=1S/C11H21N3O3/c1-8(2)10(12)11(17)14-5-3-13(4-6-14)7-9(15)16/h8,10H,3-7,12H2,1-2H3,(H,15,16)/t10-/m0/s1. The number of carbonyl (C=O) groups excluding carboxylic acids is 1. The molecule has 1 aliphatic heterocycles. The topological polar surface area (TPSA) is 86.9 Å². The fourth-order valence-corrected chi connectivity index (χ4v) is 1.81. The maximum Gasteiger partial charge on any atom is 0.317 e. The van der Waals surface area contributed by atoms with Crippen LogP contribution in [0.15, 0.2) is 0 Å². The Hall–Kier alpha value is -1.14. The lowest BCUT2D eigenvalue weighted by molar-refractivity contribution is -0.139. The Bertz CT molecular complexity index is 286. The van der Waals surface area contributed by atoms with E-state index in [0.29, 0.717) is 26.2 Å². The van der Waals surface area contributed by atoms with Gasteiger partial charge in [0.15, 0.2) is 0 Å². The van der Waals surface area contributed by atoms with Crippen molar-refractivity contribution in [3.8, 4) is 0 Å². The first-order valence-corrected chi connectivity index (χ1v) is 5.90. The second kappa shape index (κ2) is 5.97. The highest BCUT2D eigenvalue weighted by molar-refractivity contribution is 5.82. The van der Waals surface area contributed by atoms with E-state index in [1.807, 2.05) is 18.7 Å². The number of nitrogens with zero attached hydrogens (tertiary/aromatic N) is 2. The fraction of sp³-hybridized carbons (Fsp3) is 0.818. The van der Waals surface area contributed by atoms with Gasteiger partial charge in [0.05, 0.1) is 12.6 Å². The Labute approximate surface area is 101 Å². The molecule has 0 saturated carbocycles. The van der Waals surface area contributed by atoms with Crippen LogP contribution in [0.2, 0.25) is 0 Å². The molecule has 1 amide bonds. The monoisotopic (exact) mass is 243 g/mol. The first kappa shape index (κ1) is 13.9. The summed E-state index contributed by atoms with van der Waals surface area (Å²) in [5.74, 6) is -0.738. The van der Waals surface area contributed by atoms with Crippen LogP contribution < -0.4 is 5.73 Å². The van der Waals surface area contributed by atoms with Crippen molar-refractivity contribution < 1.29 is 14.7 Å². The number of carboxylic acids is 1. The number of rotatable bonds is 4. The summed E-state index contributed by atoms with van der Waals surface area (Å²) in [6, 6.07) is -0.457. The van der Waals surface area contributed by atoms with Crippen LogP contribution in [0, 0.1) is 5.92 Å². The van der Waals surface area contributed by atoms with Gasteiger partial charge < -0.3 is 15.7 Å². The van der Waals surface area contributed by atoms with Crippen LogP contribution in [-0.4, -0.2) is 65.5 Å². The van der Waals surface area contributed by atoms with E-state index in [1.54, 1.807) is 4.90 Å². The average Bonchev–Trinajstić information content (AvgIpc) is 2.27. The highest BCUT2D eigenvalue weighted by Gasteiger charge is 2.27. The zero-order chi connectivity index (χ0) is 13.0. The molecule has 0 radical (unpaired) electrons. The number of aliphatic carboxylic acids is 1. The molecule has 0 spiro atoms. The van der Waals surface area contributed by atoms with Gasteiger partial charge in [-0.25, -0.2) is 0 Å². The summed E-state index contributed by atoms with van der Waals surface area (Å²) in [7, 11) is 0. The first-order chi connectivity index (χ1) is 7.91. The molecule has 1 rings (SSSR count). The quantitative estimate of drug-likeness (QED) is 0.675. The smallest absolute Gasteiger partial charge is 0.317 e. The van der Waals surface area contributed by atoms with Gasteiger partial charge in [0.2, 0.25) is 5.91 Å². The Morgan fingerprint density at radius 3 is 2.18 bits per heavy atom. The van der Waals surface area contributed by atoms with Crippen molar-refractivity contribution in [2.45, 2.75) is 19.9 Å². The number of hydrogen-bond donors (Lipinski definition) is 2. The molecule has 0 bridgehead atoms. The number of nitrogens with two attached hydrogens (primary N) is 1. The predicted molar refractivity (Wildman–Crippen MR) is 63.5 cm³/mol. The minimum absolute atomic E-state index is 0.0324. The fourth-order valence-electron chi connectivity index (χ4n) is 1.81. The summed E-state index contributed by atoms with van der Waals surface area (Å²) >= 11 is 0. The molecule has 3 N–H and O–H groups in total. The molecule has 1 saturated heterocycles. The Kier molecular flexibility index (Phi) is 4.89. The number of hydrogen-bond acceptors (Lipinski definition) is 4. The van der Waals surface area contributed by atoms with E-state index in [4.69, 9.17) is 10.8 Å². The van der Waals surface area contributed by atoms with Gasteiger partial charge in [0, 0.05) is 26.2 Å². The van der Waals surface area contributed by atoms with E-state index in [1.165, 1.54) is 0 Å². The molecule has 0 unspecified atom stereocenters. The van der Waals surface area contributed by atoms with Crippen molar-refractivity contribution >= 4 is 11.9 Å². The number of piperazine rings is 1. The Morgan fingerprint density at radius 1 is 1.24 bits per heavy atom. The average molecular weight is 243 g/mol. The summed E-state index contributed by atoms with van der Waals surface area (Å²) < 4.78 is 0. The minimum atomic E-state index is -0.830. The van der Waals surface area contributed by atoms with Crippen LogP contribution in [-0.2, 0) is 9.59 Å². The Morgan fingerprint density at radius 2 is 1.76 bits per heavy atom. The van der Waals surface area contributed by atoms with Gasteiger partial charge >= 0.3 is 5.97 Å². The molecule has 98 valence electrons. The van der Waals surface area contributed by atoms with Gasteiger partial charge in [0.1, 0.15) is 0 Å². The molecule has 1 heterocycles. The molecule has 0 aromatic heterocycles. The third-order valence-corrected chi connectivity index (χ3v) is 3.05. The lowest BCUT2D eigenvalue weighted by Crippen LogP contribution is -2.54. The van der Waals surface area contributed by atoms with Gasteiger partial charge in [-0.3, -0.25) is 14.5 Å². The van der Waals surface area contributed by atoms with Crippen molar-refractivity contribution in [2.75, 3.05) is 32.7 Å². The first-order valence-electron chi connectivity index (χ1n) is 5.90. The SMILES string of the molecule is CC(C)[C@H](N)C(=O)N1CCN(CC(=O)O)CC1. The van der Waals surface area contributed by atoms with E-state index >= 15 is 0 Å². The Balaban J connectivity index is 2.41. The van der Waals surface area contributed by atoms with Crippen molar-refractivity contribution in [2.24, 2.45) is 11.7 Å². The van der Waals surface area contributed by atoms with Crippen LogP contribution in [0.5, 0.6) is 0 Å². The third-order valence-electron chi connectivity index (χ3n) is 3.05. The molecule has 1 fully saturated rings. The molecule has 1 aliphatic rings. The lowest BCUT2D eigenvalue weighted by atomic mass is 10.0. The van der Waals surface area contributed by atoms with E-state index in [2.05, 4.69) is 0 Å². The second-order valence-corrected chi connectivity index (χ2v) is 4.76. The van der Waals surface area contributed by atoms with Gasteiger partial charge in [-0.2, -0.15) is 0 Å². The predicted octanol–water partition coefficient (Wildman–Crippen LogP) is -0.801. The summed E-state index contributed by atoms with van der Waals surface area (Å²) in [6.45, 7) is 6.20. The summed E-state index contributed by atoms with van der Waals surface area (Å²) in [5.41, 5.74) is 5.81. The number of carbonyl (C=O) groups is 2. The normalized spacial score (nSPS) is 19.4. The lowest BCUT2D eigenvalue weighted by Gasteiger charge is -2.35. The van der Waals surface area contributed by atoms with Crippen molar-refractivity contribution in [3.63, 3.8) is 0 Å². The molecule has 17 heavy (non-hydrogen) atoms. The van der Waals surface area contributed by atoms with Crippen molar-refractivity contribution in [3.05, 3.63) is 0 Å². The van der Waals surface area contributed by atoms with Crippen LogP contribution in [0.25, 0.3) is 0 Å². The second-order valence-electron chi connectivity index (χ2n) is 4.76. The third kappa shape index (κ3) is 3.98. The van der Waals surface area contributed by atoms with Gasteiger partial charge in [-0.1, -0.05) is 13.8 Å². The molecular weight excluding hydrogens is 222 g/mol. The highest BCUT2D eigenvalue weighted by atomic mass is 16.4. The van der Waals surface area contributed by atoms with Crippen LogP contribution in [0.1, 0.15) is 13.8 Å². The van der Waals surface area contributed by atoms with Crippen LogP contribution in [0.4, 0.5) is 0 Å². The van der Waals surface area contributed by atoms with Gasteiger partial charge in [0.25, 0.3) is 0 Å². The highest BCUT2D eigenvalue weighted by Crippen LogP contribution is 2.07. The van der Waals surface area contributed by atoms with E-state index < -0.39 is 12.0 Å². The molecule has 1 atom stereocenters.